The van der Waals surface area contributed by atoms with Gasteiger partial charge in [0.2, 0.25) is 5.91 Å². The number of urea groups is 1. The van der Waals surface area contributed by atoms with Crippen molar-refractivity contribution in [2.45, 2.75) is 12.1 Å². The highest BCUT2D eigenvalue weighted by Gasteiger charge is 2.49. The monoisotopic (exact) mass is 364 g/mol. The number of carbonyl (C=O) groups excluding carboxylic acids is 2. The topological polar surface area (TPSA) is 130 Å². The van der Waals surface area contributed by atoms with Crippen LogP contribution in [0.15, 0.2) is 11.2 Å². The van der Waals surface area contributed by atoms with Crippen LogP contribution in [0.1, 0.15) is 23.3 Å². The molecule has 0 spiro atoms. The van der Waals surface area contributed by atoms with Gasteiger partial charge in [-0.05, 0) is 0 Å². The van der Waals surface area contributed by atoms with E-state index in [1.807, 2.05) is 7.05 Å². The molecule has 3 amide bonds. The minimum absolute atomic E-state index is 0.0245. The molecular formula is C15H24N8O3. The minimum Gasteiger partial charge on any atom is -0.353 e. The number of aryl methyl sites for hydroxylation is 1. The summed E-state index contributed by atoms with van der Waals surface area (Å²) in [6.07, 6.45) is 1.79. The van der Waals surface area contributed by atoms with Gasteiger partial charge in [-0.2, -0.15) is 5.10 Å². The molecule has 0 unspecified atom stereocenters. The first kappa shape index (κ1) is 18.1. The number of amidine groups is 1. The fraction of sp³-hybridized carbons (Fsp3) is 0.600. The Kier molecular flexibility index (Phi) is 5.09. The van der Waals surface area contributed by atoms with E-state index >= 15 is 0 Å². The molecule has 2 aliphatic rings. The minimum atomic E-state index is -0.455. The standard InChI is InChI=1S/C15H24N8O3/c1-17-14(20-26-8-11(24)18-5-4-16)13-12-9(6-19-22(12)3)10-7-23(13)15(25)21(10)2/h6,10,13H,4-5,7-8,16H2,1-3H3,(H,17,20)(H,18,24)/t10-,13-/m0/s1. The van der Waals surface area contributed by atoms with Gasteiger partial charge in [0.25, 0.3) is 0 Å². The van der Waals surface area contributed by atoms with Crippen molar-refractivity contribution in [3.8, 4) is 0 Å². The lowest BCUT2D eigenvalue weighted by Gasteiger charge is -2.32. The Balaban J connectivity index is 1.77. The van der Waals surface area contributed by atoms with Gasteiger partial charge in [-0.15, -0.1) is 0 Å². The molecule has 4 N–H and O–H groups in total. The van der Waals surface area contributed by atoms with E-state index in [1.165, 1.54) is 0 Å². The number of nitrogens with one attached hydrogen (secondary N) is 2. The first-order valence-corrected chi connectivity index (χ1v) is 8.36. The summed E-state index contributed by atoms with van der Waals surface area (Å²) in [5.74, 6) is 0.142. The first-order valence-electron chi connectivity index (χ1n) is 8.36. The third-order valence-corrected chi connectivity index (χ3v) is 4.68. The average Bonchev–Trinajstić information content (AvgIpc) is 3.13. The van der Waals surface area contributed by atoms with Crippen LogP contribution in [0.2, 0.25) is 0 Å². The summed E-state index contributed by atoms with van der Waals surface area (Å²) < 4.78 is 1.74. The average molecular weight is 364 g/mol. The van der Waals surface area contributed by atoms with E-state index in [2.05, 4.69) is 20.9 Å². The third-order valence-electron chi connectivity index (χ3n) is 4.68. The number of hydrogen-bond acceptors (Lipinski definition) is 6. The zero-order chi connectivity index (χ0) is 18.8. The van der Waals surface area contributed by atoms with E-state index in [0.29, 0.717) is 25.5 Å². The number of likely N-dealkylation sites (N-methyl/N-ethyl adjacent to an activating group) is 1. The number of nitrogens with two attached hydrogens (primary N) is 1. The number of carbonyl (C=O) groups is 2. The molecule has 0 aliphatic carbocycles. The van der Waals surface area contributed by atoms with Gasteiger partial charge in [0.1, 0.15) is 11.9 Å². The Morgan fingerprint density at radius 1 is 1.50 bits per heavy atom. The zero-order valence-electron chi connectivity index (χ0n) is 15.1. The Hall–Kier alpha value is -2.66. The highest BCUT2D eigenvalue weighted by molar-refractivity contribution is 5.93. The van der Waals surface area contributed by atoms with Gasteiger partial charge < -0.3 is 20.9 Å². The second-order valence-corrected chi connectivity index (χ2v) is 6.21. The summed E-state index contributed by atoms with van der Waals surface area (Å²) in [5, 5.41) is 6.95. The van der Waals surface area contributed by atoms with E-state index < -0.39 is 6.04 Å². The molecule has 3 rings (SSSR count). The Morgan fingerprint density at radius 2 is 2.27 bits per heavy atom. The molecule has 1 aromatic heterocycles. The Bertz CT molecular complexity index is 730. The van der Waals surface area contributed by atoms with Crippen molar-refractivity contribution >= 4 is 17.8 Å². The molecule has 11 heteroatoms. The molecule has 142 valence electrons. The van der Waals surface area contributed by atoms with E-state index in [-0.39, 0.29) is 24.6 Å². The van der Waals surface area contributed by atoms with Gasteiger partial charge in [-0.1, -0.05) is 0 Å². The van der Waals surface area contributed by atoms with Gasteiger partial charge in [-0.3, -0.25) is 24.8 Å². The molecule has 1 aromatic rings. The van der Waals surface area contributed by atoms with Crippen molar-refractivity contribution in [1.29, 1.82) is 0 Å². The number of amides is 3. The van der Waals surface area contributed by atoms with Crippen LogP contribution < -0.4 is 16.5 Å². The Labute approximate surface area is 151 Å². The summed E-state index contributed by atoms with van der Waals surface area (Å²) in [6.45, 7) is 1.10. The predicted molar refractivity (Wildman–Crippen MR) is 93.1 cm³/mol. The lowest BCUT2D eigenvalue weighted by Crippen LogP contribution is -2.45. The third kappa shape index (κ3) is 2.99. The van der Waals surface area contributed by atoms with E-state index in [9.17, 15) is 9.59 Å². The SMILES string of the molecule is CN=C(NOCC(=O)NCCN)[C@@H]1c2c(cnn2C)[C@@H]2CN1C(=O)N2C. The number of hydroxylamine groups is 1. The lowest BCUT2D eigenvalue weighted by molar-refractivity contribution is -0.127. The lowest BCUT2D eigenvalue weighted by atomic mass is 9.97. The van der Waals surface area contributed by atoms with Crippen LogP contribution in [0.5, 0.6) is 0 Å². The van der Waals surface area contributed by atoms with E-state index in [4.69, 9.17) is 10.6 Å². The fourth-order valence-electron chi connectivity index (χ4n) is 3.39. The molecule has 2 bridgehead atoms. The molecule has 2 atom stereocenters. The van der Waals surface area contributed by atoms with Crippen LogP contribution >= 0.6 is 0 Å². The van der Waals surface area contributed by atoms with Gasteiger partial charge in [0.05, 0.1) is 17.9 Å². The molecule has 0 radical (unpaired) electrons. The van der Waals surface area contributed by atoms with Crippen LogP contribution in [0, 0.1) is 0 Å². The van der Waals surface area contributed by atoms with E-state index in [0.717, 1.165) is 11.3 Å². The van der Waals surface area contributed by atoms with Gasteiger partial charge >= 0.3 is 6.03 Å². The smallest absolute Gasteiger partial charge is 0.321 e. The van der Waals surface area contributed by atoms with Crippen molar-refractivity contribution in [3.05, 3.63) is 17.5 Å². The normalized spacial score (nSPS) is 21.8. The highest BCUT2D eigenvalue weighted by atomic mass is 16.6. The molecule has 1 saturated heterocycles. The van der Waals surface area contributed by atoms with E-state index in [1.54, 1.807) is 34.8 Å². The number of aromatic nitrogens is 2. The maximum absolute atomic E-state index is 12.6. The van der Waals surface area contributed by atoms with Gasteiger partial charge in [-0.25, -0.2) is 4.79 Å². The second-order valence-electron chi connectivity index (χ2n) is 6.21. The molecule has 1 fully saturated rings. The summed E-state index contributed by atoms with van der Waals surface area (Å²) in [5.41, 5.74) is 9.94. The molecule has 2 aliphatic heterocycles. The maximum atomic E-state index is 12.6. The van der Waals surface area contributed by atoms with Crippen LogP contribution in [0.4, 0.5) is 4.79 Å². The summed E-state index contributed by atoms with van der Waals surface area (Å²) in [6, 6.07) is -0.563. The number of hydrogen-bond donors (Lipinski definition) is 3. The molecule has 0 aromatic carbocycles. The zero-order valence-corrected chi connectivity index (χ0v) is 15.1. The van der Waals surface area contributed by atoms with Crippen molar-refractivity contribution in [3.63, 3.8) is 0 Å². The van der Waals surface area contributed by atoms with Crippen LogP contribution in [0.25, 0.3) is 0 Å². The highest BCUT2D eigenvalue weighted by Crippen LogP contribution is 2.42. The van der Waals surface area contributed by atoms with Crippen LogP contribution in [-0.2, 0) is 16.7 Å². The predicted octanol–water partition coefficient (Wildman–Crippen LogP) is -1.49. The number of aliphatic imine (C=N–C) groups is 1. The molecular weight excluding hydrogens is 340 g/mol. The first-order chi connectivity index (χ1) is 12.5. The van der Waals surface area contributed by atoms with Crippen molar-refractivity contribution in [2.75, 3.05) is 40.3 Å². The van der Waals surface area contributed by atoms with Crippen molar-refractivity contribution < 1.29 is 14.4 Å². The van der Waals surface area contributed by atoms with Gasteiger partial charge in [0, 0.05) is 46.3 Å². The number of rotatable bonds is 6. The summed E-state index contributed by atoms with van der Waals surface area (Å²) in [7, 11) is 5.21. The Morgan fingerprint density at radius 3 is 2.96 bits per heavy atom. The quantitative estimate of drug-likeness (QED) is 0.320. The molecule has 3 heterocycles. The number of nitrogens with zero attached hydrogens (tertiary/aromatic N) is 5. The second kappa shape index (κ2) is 7.30. The van der Waals surface area contributed by atoms with Crippen molar-refractivity contribution in [2.24, 2.45) is 17.8 Å². The summed E-state index contributed by atoms with van der Waals surface area (Å²) >= 11 is 0. The molecule has 0 saturated carbocycles. The summed E-state index contributed by atoms with van der Waals surface area (Å²) in [4.78, 5) is 37.2. The number of fused-ring (bicyclic) bond motifs is 4. The van der Waals surface area contributed by atoms with Gasteiger partial charge in [0.15, 0.2) is 6.61 Å². The van der Waals surface area contributed by atoms with Crippen LogP contribution in [0.3, 0.4) is 0 Å². The largest absolute Gasteiger partial charge is 0.353 e. The fourth-order valence-corrected chi connectivity index (χ4v) is 3.39. The molecule has 26 heavy (non-hydrogen) atoms. The maximum Gasteiger partial charge on any atom is 0.321 e. The van der Waals surface area contributed by atoms with Crippen molar-refractivity contribution in [1.82, 2.24) is 30.4 Å². The van der Waals surface area contributed by atoms with Crippen LogP contribution in [-0.4, -0.2) is 77.7 Å². The molecule has 11 nitrogen and oxygen atoms in total.